The van der Waals surface area contributed by atoms with Gasteiger partial charge in [0.1, 0.15) is 22.8 Å². The summed E-state index contributed by atoms with van der Waals surface area (Å²) in [5, 5.41) is 22.4. The summed E-state index contributed by atoms with van der Waals surface area (Å²) in [6.45, 7) is 1.59. The van der Waals surface area contributed by atoms with Crippen molar-refractivity contribution in [3.8, 4) is 17.1 Å². The van der Waals surface area contributed by atoms with E-state index < -0.39 is 0 Å². The molecule has 5 heterocycles. The van der Waals surface area contributed by atoms with Crippen LogP contribution in [0.2, 0.25) is 0 Å². The molecule has 6 rings (SSSR count). The number of hydrogen-bond acceptors (Lipinski definition) is 11. The van der Waals surface area contributed by atoms with E-state index >= 15 is 0 Å². The lowest BCUT2D eigenvalue weighted by molar-refractivity contribution is 0.0783. The molecule has 5 aromatic rings. The molecule has 0 amide bonds. The van der Waals surface area contributed by atoms with Gasteiger partial charge in [0, 0.05) is 33.3 Å². The first kappa shape index (κ1) is 24.4. The van der Waals surface area contributed by atoms with Gasteiger partial charge in [-0.05, 0) is 29.5 Å². The van der Waals surface area contributed by atoms with Crippen LogP contribution in [0.25, 0.3) is 22.4 Å². The van der Waals surface area contributed by atoms with Crippen LogP contribution in [0, 0.1) is 0 Å². The van der Waals surface area contributed by atoms with Gasteiger partial charge in [-0.25, -0.2) is 9.97 Å². The van der Waals surface area contributed by atoms with Crippen LogP contribution in [0.4, 0.5) is 28.8 Å². The minimum Gasteiger partial charge on any atom is -0.494 e. The Bertz CT molecular complexity index is 1720. The molecule has 14 nitrogen and oxygen atoms in total. The molecule has 0 saturated carbocycles. The summed E-state index contributed by atoms with van der Waals surface area (Å²) in [6, 6.07) is 13.1. The van der Waals surface area contributed by atoms with E-state index in [-0.39, 0.29) is 11.7 Å². The number of aromatic nitrogens is 8. The molecule has 0 atom stereocenters. The first-order valence-electron chi connectivity index (χ1n) is 12.2. The van der Waals surface area contributed by atoms with Crippen molar-refractivity contribution in [2.45, 2.75) is 6.10 Å². The summed E-state index contributed by atoms with van der Waals surface area (Å²) in [4.78, 5) is 25.9. The Balaban J connectivity index is 1.37. The van der Waals surface area contributed by atoms with E-state index in [0.717, 1.165) is 18.9 Å². The fourth-order valence-corrected chi connectivity index (χ4v) is 4.53. The predicted molar refractivity (Wildman–Crippen MR) is 146 cm³/mol. The number of hydrogen-bond donors (Lipinski definition) is 3. The molecule has 1 aromatic carbocycles. The second kappa shape index (κ2) is 9.72. The number of anilines is 5. The summed E-state index contributed by atoms with van der Waals surface area (Å²) >= 11 is 0. The minimum absolute atomic E-state index is 0.219. The number of tetrazole rings is 1. The molecular weight excluding hydrogens is 502 g/mol. The van der Waals surface area contributed by atoms with Gasteiger partial charge >= 0.3 is 0 Å². The van der Waals surface area contributed by atoms with E-state index in [1.165, 1.54) is 9.48 Å². The van der Waals surface area contributed by atoms with Gasteiger partial charge in [-0.3, -0.25) is 14.6 Å². The van der Waals surface area contributed by atoms with E-state index in [1.54, 1.807) is 34.4 Å². The zero-order chi connectivity index (χ0) is 27.1. The third-order valence-corrected chi connectivity index (χ3v) is 6.55. The van der Waals surface area contributed by atoms with Crippen molar-refractivity contribution in [3.05, 3.63) is 52.8 Å². The van der Waals surface area contributed by atoms with Gasteiger partial charge in [0.2, 0.25) is 5.82 Å². The zero-order valence-electron chi connectivity index (χ0n) is 21.8. The number of para-hydroxylation sites is 1. The number of methoxy groups -OCH3 is 2. The van der Waals surface area contributed by atoms with Crippen molar-refractivity contribution in [1.29, 1.82) is 0 Å². The van der Waals surface area contributed by atoms with E-state index in [1.807, 2.05) is 36.4 Å². The maximum atomic E-state index is 13.0. The van der Waals surface area contributed by atoms with Gasteiger partial charge in [-0.2, -0.15) is 4.80 Å². The van der Waals surface area contributed by atoms with E-state index in [0.29, 0.717) is 51.2 Å². The molecule has 3 N–H and O–H groups in total. The van der Waals surface area contributed by atoms with Gasteiger partial charge < -0.3 is 25.0 Å². The zero-order valence-corrected chi connectivity index (χ0v) is 21.8. The lowest BCUT2D eigenvalue weighted by Gasteiger charge is -2.39. The Morgan fingerprint density at radius 3 is 2.56 bits per heavy atom. The van der Waals surface area contributed by atoms with Crippen molar-refractivity contribution >= 4 is 39.9 Å². The van der Waals surface area contributed by atoms with Crippen molar-refractivity contribution in [2.75, 3.05) is 42.8 Å². The number of pyridine rings is 2. The smallest absolute Gasteiger partial charge is 0.277 e. The lowest BCUT2D eigenvalue weighted by atomic mass is 10.1. The Hall–Kier alpha value is -4.98. The molecule has 200 valence electrons. The highest BCUT2D eigenvalue weighted by Crippen LogP contribution is 2.37. The number of ether oxygens (including phenoxy) is 2. The molecule has 39 heavy (non-hydrogen) atoms. The van der Waals surface area contributed by atoms with Crippen LogP contribution >= 0.6 is 0 Å². The highest BCUT2D eigenvalue weighted by molar-refractivity contribution is 5.94. The molecule has 0 bridgehead atoms. The summed E-state index contributed by atoms with van der Waals surface area (Å²) in [7, 11) is 6.62. The SMILES string of the molecule is COc1c(Nc2cc(Nc3cccc(N4CC(OC)C4)n3)nc3[nH]n(C)c(=O)c23)cccc1-c1nnn(C)n1. The normalized spacial score (nSPS) is 13.5. The minimum atomic E-state index is -0.220. The molecule has 0 unspecified atom stereocenters. The molecule has 4 aromatic heterocycles. The Morgan fingerprint density at radius 2 is 1.82 bits per heavy atom. The van der Waals surface area contributed by atoms with E-state index in [4.69, 9.17) is 14.5 Å². The van der Waals surface area contributed by atoms with Gasteiger partial charge in [0.25, 0.3) is 5.56 Å². The Morgan fingerprint density at radius 1 is 1.00 bits per heavy atom. The number of aryl methyl sites for hydroxylation is 2. The largest absolute Gasteiger partial charge is 0.494 e. The second-order valence-corrected chi connectivity index (χ2v) is 9.14. The number of fused-ring (bicyclic) bond motifs is 1. The summed E-state index contributed by atoms with van der Waals surface area (Å²) in [6.07, 6.45) is 0.219. The molecule has 1 saturated heterocycles. The summed E-state index contributed by atoms with van der Waals surface area (Å²) in [5.41, 5.74) is 2.01. The average molecular weight is 530 g/mol. The van der Waals surface area contributed by atoms with Crippen LogP contribution in [-0.4, -0.2) is 73.4 Å². The average Bonchev–Trinajstić information content (AvgIpc) is 3.45. The maximum Gasteiger partial charge on any atom is 0.277 e. The number of benzene rings is 1. The fraction of sp³-hybridized carbons (Fsp3) is 0.280. The quantitative estimate of drug-likeness (QED) is 0.271. The van der Waals surface area contributed by atoms with Crippen LogP contribution in [-0.2, 0) is 18.8 Å². The monoisotopic (exact) mass is 529 g/mol. The highest BCUT2D eigenvalue weighted by atomic mass is 16.5. The summed E-state index contributed by atoms with van der Waals surface area (Å²) < 4.78 is 12.5. The molecule has 0 spiro atoms. The lowest BCUT2D eigenvalue weighted by Crippen LogP contribution is -2.52. The van der Waals surface area contributed by atoms with Crippen LogP contribution in [0.5, 0.6) is 5.75 Å². The van der Waals surface area contributed by atoms with Gasteiger partial charge in [0.15, 0.2) is 11.4 Å². The molecule has 14 heteroatoms. The van der Waals surface area contributed by atoms with Gasteiger partial charge in [-0.15, -0.1) is 10.2 Å². The van der Waals surface area contributed by atoms with Crippen molar-refractivity contribution in [1.82, 2.24) is 40.0 Å². The standard InChI is InChI=1S/C25H27N11O3/c1-34-25(37)21-17(26-16-8-5-7-15(22(16)39-4)23-30-33-35(2)32-23)11-19(29-24(21)31-34)27-18-9-6-10-20(28-18)36-12-14(13-36)38-3/h5-11,14H,12-13H2,1-4H3,(H3,26,27,28,29,31). The Labute approximate surface area is 222 Å². The number of H-pyrrole nitrogens is 1. The topological polar surface area (TPSA) is 153 Å². The van der Waals surface area contributed by atoms with Crippen molar-refractivity contribution in [3.63, 3.8) is 0 Å². The molecule has 1 aliphatic rings. The van der Waals surface area contributed by atoms with E-state index in [9.17, 15) is 4.79 Å². The van der Waals surface area contributed by atoms with Crippen LogP contribution in [0.1, 0.15) is 0 Å². The molecule has 0 aliphatic carbocycles. The predicted octanol–water partition coefficient (Wildman–Crippen LogP) is 2.18. The third kappa shape index (κ3) is 4.50. The highest BCUT2D eigenvalue weighted by Gasteiger charge is 2.27. The van der Waals surface area contributed by atoms with Crippen LogP contribution in [0.15, 0.2) is 47.3 Å². The van der Waals surface area contributed by atoms with Gasteiger partial charge in [-0.1, -0.05) is 12.1 Å². The first-order valence-corrected chi connectivity index (χ1v) is 12.2. The fourth-order valence-electron chi connectivity index (χ4n) is 4.53. The van der Waals surface area contributed by atoms with Crippen molar-refractivity contribution in [2.24, 2.45) is 14.1 Å². The number of nitrogens with zero attached hydrogens (tertiary/aromatic N) is 8. The molecule has 0 radical (unpaired) electrons. The van der Waals surface area contributed by atoms with Gasteiger partial charge in [0.05, 0.1) is 37.2 Å². The first-order chi connectivity index (χ1) is 18.9. The van der Waals surface area contributed by atoms with Crippen molar-refractivity contribution < 1.29 is 9.47 Å². The Kier molecular flexibility index (Phi) is 6.07. The number of aromatic amines is 1. The third-order valence-electron chi connectivity index (χ3n) is 6.55. The number of rotatable bonds is 8. The molecule has 1 fully saturated rings. The van der Waals surface area contributed by atoms with Crippen LogP contribution in [0.3, 0.4) is 0 Å². The summed E-state index contributed by atoms with van der Waals surface area (Å²) in [5.74, 6) is 2.90. The van der Waals surface area contributed by atoms with E-state index in [2.05, 4.69) is 41.0 Å². The molecule has 1 aliphatic heterocycles. The number of nitrogens with one attached hydrogen (secondary N) is 3. The van der Waals surface area contributed by atoms with Crippen LogP contribution < -0.4 is 25.8 Å². The second-order valence-electron chi connectivity index (χ2n) is 9.14. The molecular formula is C25H27N11O3. The maximum absolute atomic E-state index is 13.0.